The zero-order valence-corrected chi connectivity index (χ0v) is 11.9. The predicted molar refractivity (Wildman–Crippen MR) is 72.0 cm³/mol. The Morgan fingerprint density at radius 3 is 2.59 bits per heavy atom. The molecule has 0 spiro atoms. The van der Waals surface area contributed by atoms with E-state index in [9.17, 15) is 8.42 Å². The summed E-state index contributed by atoms with van der Waals surface area (Å²) in [6.45, 7) is 3.93. The molecule has 1 aliphatic carbocycles. The molecule has 4 nitrogen and oxygen atoms in total. The Morgan fingerprint density at radius 1 is 1.29 bits per heavy atom. The third-order valence-corrected chi connectivity index (χ3v) is 5.04. The van der Waals surface area contributed by atoms with E-state index in [2.05, 4.69) is 17.0 Å². The molecule has 1 aliphatic heterocycles. The smallest absolute Gasteiger partial charge is 0.211 e. The Balaban J connectivity index is 0.00000144. The average molecular weight is 283 g/mol. The van der Waals surface area contributed by atoms with Crippen LogP contribution in [0.3, 0.4) is 0 Å². The summed E-state index contributed by atoms with van der Waals surface area (Å²) in [4.78, 5) is 0. The number of sulfonamides is 1. The van der Waals surface area contributed by atoms with Gasteiger partial charge in [-0.05, 0) is 37.8 Å². The summed E-state index contributed by atoms with van der Waals surface area (Å²) in [7, 11) is -3.05. The zero-order chi connectivity index (χ0) is 11.6. The fourth-order valence-electron chi connectivity index (χ4n) is 2.21. The Morgan fingerprint density at radius 2 is 2.00 bits per heavy atom. The van der Waals surface area contributed by atoms with Gasteiger partial charge in [0.25, 0.3) is 0 Å². The molecular formula is C11H23ClN2O2S. The van der Waals surface area contributed by atoms with Crippen molar-refractivity contribution in [1.82, 2.24) is 10.0 Å². The van der Waals surface area contributed by atoms with Crippen LogP contribution in [0.15, 0.2) is 0 Å². The summed E-state index contributed by atoms with van der Waals surface area (Å²) in [5, 5.41) is 3.28. The van der Waals surface area contributed by atoms with Crippen molar-refractivity contribution in [3.05, 3.63) is 0 Å². The minimum Gasteiger partial charge on any atom is -0.316 e. The van der Waals surface area contributed by atoms with E-state index in [1.165, 1.54) is 12.8 Å². The molecule has 2 atom stereocenters. The molecule has 0 radical (unpaired) electrons. The minimum absolute atomic E-state index is 0. The van der Waals surface area contributed by atoms with Crippen LogP contribution in [0, 0.1) is 11.8 Å². The van der Waals surface area contributed by atoms with Gasteiger partial charge >= 0.3 is 0 Å². The lowest BCUT2D eigenvalue weighted by Gasteiger charge is -2.29. The standard InChI is InChI=1S/C11H22N2O2S.ClH/c1-9-8-12-6-4-11(9)13-16(14,15)7-5-10-2-3-10;/h9-13H,2-8H2,1H3;1H. The molecular weight excluding hydrogens is 260 g/mol. The maximum atomic E-state index is 11.8. The van der Waals surface area contributed by atoms with Crippen molar-refractivity contribution in [3.8, 4) is 0 Å². The third-order valence-electron chi connectivity index (χ3n) is 3.61. The highest BCUT2D eigenvalue weighted by molar-refractivity contribution is 7.89. The van der Waals surface area contributed by atoms with Gasteiger partial charge < -0.3 is 5.32 Å². The van der Waals surface area contributed by atoms with Gasteiger partial charge in [-0.1, -0.05) is 19.8 Å². The first kappa shape index (κ1) is 15.2. The summed E-state index contributed by atoms with van der Waals surface area (Å²) in [5.41, 5.74) is 0. The molecule has 6 heteroatoms. The average Bonchev–Trinajstić information content (AvgIpc) is 3.02. The van der Waals surface area contributed by atoms with Gasteiger partial charge in [-0.3, -0.25) is 0 Å². The van der Waals surface area contributed by atoms with Crippen LogP contribution in [0.2, 0.25) is 0 Å². The second kappa shape index (κ2) is 6.36. The van der Waals surface area contributed by atoms with Gasteiger partial charge in [0.15, 0.2) is 0 Å². The van der Waals surface area contributed by atoms with Gasteiger partial charge in [0, 0.05) is 6.04 Å². The Bertz CT molecular complexity index is 330. The number of halogens is 1. The Kier molecular flexibility index (Phi) is 5.70. The molecule has 0 bridgehead atoms. The van der Waals surface area contributed by atoms with Crippen LogP contribution < -0.4 is 10.0 Å². The summed E-state index contributed by atoms with van der Waals surface area (Å²) in [6.07, 6.45) is 4.19. The van der Waals surface area contributed by atoms with Crippen LogP contribution in [-0.2, 0) is 10.0 Å². The summed E-state index contributed by atoms with van der Waals surface area (Å²) >= 11 is 0. The molecule has 102 valence electrons. The largest absolute Gasteiger partial charge is 0.316 e. The van der Waals surface area contributed by atoms with Crippen LogP contribution in [0.1, 0.15) is 32.6 Å². The Labute approximate surface area is 110 Å². The van der Waals surface area contributed by atoms with E-state index in [4.69, 9.17) is 0 Å². The van der Waals surface area contributed by atoms with E-state index in [1.807, 2.05) is 0 Å². The first-order valence-electron chi connectivity index (χ1n) is 6.27. The van der Waals surface area contributed by atoms with E-state index in [1.54, 1.807) is 0 Å². The lowest BCUT2D eigenvalue weighted by atomic mass is 9.97. The zero-order valence-electron chi connectivity index (χ0n) is 10.3. The Hall–Kier alpha value is 0.160. The molecule has 2 N–H and O–H groups in total. The molecule has 2 fully saturated rings. The fourth-order valence-corrected chi connectivity index (χ4v) is 3.78. The number of hydrogen-bond acceptors (Lipinski definition) is 3. The van der Waals surface area contributed by atoms with Gasteiger partial charge in [0.2, 0.25) is 10.0 Å². The molecule has 1 saturated carbocycles. The van der Waals surface area contributed by atoms with Crippen molar-refractivity contribution in [2.45, 2.75) is 38.6 Å². The van der Waals surface area contributed by atoms with E-state index in [-0.39, 0.29) is 18.4 Å². The summed E-state index contributed by atoms with van der Waals surface area (Å²) < 4.78 is 26.6. The molecule has 2 rings (SSSR count). The van der Waals surface area contributed by atoms with E-state index >= 15 is 0 Å². The van der Waals surface area contributed by atoms with Crippen LogP contribution in [0.5, 0.6) is 0 Å². The van der Waals surface area contributed by atoms with E-state index in [0.717, 1.165) is 25.9 Å². The number of hydrogen-bond donors (Lipinski definition) is 2. The number of piperidine rings is 1. The second-order valence-electron chi connectivity index (χ2n) is 5.25. The van der Waals surface area contributed by atoms with Crippen molar-refractivity contribution < 1.29 is 8.42 Å². The SMILES string of the molecule is CC1CNCCC1NS(=O)(=O)CCC1CC1.Cl. The third kappa shape index (κ3) is 5.12. The maximum Gasteiger partial charge on any atom is 0.211 e. The molecule has 0 aromatic rings. The van der Waals surface area contributed by atoms with E-state index in [0.29, 0.717) is 17.6 Å². The summed E-state index contributed by atoms with van der Waals surface area (Å²) in [5.74, 6) is 1.39. The number of nitrogens with one attached hydrogen (secondary N) is 2. The van der Waals surface area contributed by atoms with Crippen LogP contribution in [-0.4, -0.2) is 33.3 Å². The monoisotopic (exact) mass is 282 g/mol. The van der Waals surface area contributed by atoms with Crippen LogP contribution in [0.25, 0.3) is 0 Å². The highest BCUT2D eigenvalue weighted by Crippen LogP contribution is 2.32. The topological polar surface area (TPSA) is 58.2 Å². The van der Waals surface area contributed by atoms with Crippen molar-refractivity contribution in [3.63, 3.8) is 0 Å². The molecule has 17 heavy (non-hydrogen) atoms. The highest BCUT2D eigenvalue weighted by Gasteiger charge is 2.28. The van der Waals surface area contributed by atoms with Crippen molar-refractivity contribution in [1.29, 1.82) is 0 Å². The minimum atomic E-state index is -3.05. The lowest BCUT2D eigenvalue weighted by Crippen LogP contribution is -2.48. The van der Waals surface area contributed by atoms with Crippen LogP contribution >= 0.6 is 12.4 Å². The number of rotatable bonds is 5. The van der Waals surface area contributed by atoms with Gasteiger partial charge in [0.05, 0.1) is 5.75 Å². The van der Waals surface area contributed by atoms with Gasteiger partial charge in [-0.25, -0.2) is 13.1 Å². The normalized spacial score (nSPS) is 29.7. The van der Waals surface area contributed by atoms with Crippen molar-refractivity contribution >= 4 is 22.4 Å². The van der Waals surface area contributed by atoms with Gasteiger partial charge in [0.1, 0.15) is 0 Å². The van der Waals surface area contributed by atoms with Crippen molar-refractivity contribution in [2.24, 2.45) is 11.8 Å². The molecule has 0 amide bonds. The van der Waals surface area contributed by atoms with E-state index < -0.39 is 10.0 Å². The molecule has 1 saturated heterocycles. The fraction of sp³-hybridized carbons (Fsp3) is 1.00. The predicted octanol–water partition coefficient (Wildman–Crippen LogP) is 1.13. The quantitative estimate of drug-likeness (QED) is 0.795. The molecule has 1 heterocycles. The molecule has 0 aromatic heterocycles. The lowest BCUT2D eigenvalue weighted by molar-refractivity contribution is 0.328. The maximum absolute atomic E-state index is 11.8. The molecule has 0 aromatic carbocycles. The van der Waals surface area contributed by atoms with Gasteiger partial charge in [-0.2, -0.15) is 0 Å². The highest BCUT2D eigenvalue weighted by atomic mass is 35.5. The van der Waals surface area contributed by atoms with Gasteiger partial charge in [-0.15, -0.1) is 12.4 Å². The first-order valence-corrected chi connectivity index (χ1v) is 7.93. The molecule has 2 aliphatic rings. The summed E-state index contributed by atoms with van der Waals surface area (Å²) in [6, 6.07) is 0.130. The first-order chi connectivity index (χ1) is 7.57. The van der Waals surface area contributed by atoms with Crippen molar-refractivity contribution in [2.75, 3.05) is 18.8 Å². The second-order valence-corrected chi connectivity index (χ2v) is 7.12. The van der Waals surface area contributed by atoms with Crippen LogP contribution in [0.4, 0.5) is 0 Å². The molecule has 2 unspecified atom stereocenters.